The maximum absolute atomic E-state index is 13.7. The van der Waals surface area contributed by atoms with Gasteiger partial charge in [-0.25, -0.2) is 9.67 Å². The van der Waals surface area contributed by atoms with Gasteiger partial charge in [0.2, 0.25) is 17.7 Å². The van der Waals surface area contributed by atoms with E-state index in [4.69, 9.17) is 4.74 Å². The van der Waals surface area contributed by atoms with E-state index in [2.05, 4.69) is 31.3 Å². The summed E-state index contributed by atoms with van der Waals surface area (Å²) < 4.78 is 7.21. The predicted octanol–water partition coefficient (Wildman–Crippen LogP) is 1.22. The van der Waals surface area contributed by atoms with E-state index >= 15 is 0 Å². The van der Waals surface area contributed by atoms with Gasteiger partial charge in [-0.15, -0.1) is 0 Å². The monoisotopic (exact) mass is 668 g/mol. The van der Waals surface area contributed by atoms with Gasteiger partial charge in [0.1, 0.15) is 36.8 Å². The lowest BCUT2D eigenvalue weighted by atomic mass is 10.0. The van der Waals surface area contributed by atoms with Crippen molar-refractivity contribution in [2.24, 2.45) is 0 Å². The van der Waals surface area contributed by atoms with Gasteiger partial charge in [-0.05, 0) is 42.8 Å². The van der Waals surface area contributed by atoms with Crippen molar-refractivity contribution in [3.05, 3.63) is 95.8 Å². The quantitative estimate of drug-likeness (QED) is 0.209. The van der Waals surface area contributed by atoms with Crippen LogP contribution in [0.3, 0.4) is 0 Å². The van der Waals surface area contributed by atoms with Gasteiger partial charge >= 0.3 is 0 Å². The van der Waals surface area contributed by atoms with Crippen LogP contribution in [0.15, 0.2) is 78.9 Å². The molecule has 2 bridgehead atoms. The maximum atomic E-state index is 13.7. The molecule has 1 aromatic heterocycles. The number of carbonyl (C=O) groups excluding carboxylic acids is 4. The summed E-state index contributed by atoms with van der Waals surface area (Å²) in [7, 11) is 3.71. The first-order valence-corrected chi connectivity index (χ1v) is 15.9. The predicted molar refractivity (Wildman–Crippen MR) is 182 cm³/mol. The molecule has 4 aromatic rings. The number of hydrogen-bond donors (Lipinski definition) is 5. The fourth-order valence-corrected chi connectivity index (χ4v) is 5.23. The third-order valence-corrected chi connectivity index (χ3v) is 7.89. The first-order chi connectivity index (χ1) is 23.6. The Morgan fingerprint density at radius 1 is 1.00 bits per heavy atom. The van der Waals surface area contributed by atoms with Crippen molar-refractivity contribution in [1.82, 2.24) is 36.0 Å². The van der Waals surface area contributed by atoms with Crippen LogP contribution in [-0.2, 0) is 27.3 Å². The van der Waals surface area contributed by atoms with Crippen LogP contribution < -0.4 is 30.9 Å². The van der Waals surface area contributed by atoms with Crippen LogP contribution in [0.2, 0.25) is 0 Å². The van der Waals surface area contributed by atoms with Crippen molar-refractivity contribution in [1.29, 1.82) is 0 Å². The van der Waals surface area contributed by atoms with Crippen LogP contribution in [0, 0.1) is 0 Å². The molecule has 3 heterocycles. The Hall–Kier alpha value is -5.76. The Labute approximate surface area is 283 Å². The van der Waals surface area contributed by atoms with E-state index in [0.717, 1.165) is 5.69 Å². The maximum Gasteiger partial charge on any atom is 0.252 e. The second-order valence-corrected chi connectivity index (χ2v) is 11.8. The second kappa shape index (κ2) is 15.9. The molecule has 0 saturated carbocycles. The van der Waals surface area contributed by atoms with E-state index in [1.165, 1.54) is 4.68 Å². The Morgan fingerprint density at radius 2 is 1.76 bits per heavy atom. The van der Waals surface area contributed by atoms with Gasteiger partial charge in [-0.2, -0.15) is 5.10 Å². The van der Waals surface area contributed by atoms with Gasteiger partial charge in [0.15, 0.2) is 5.82 Å². The van der Waals surface area contributed by atoms with E-state index in [9.17, 15) is 24.3 Å². The number of rotatable bonds is 5. The molecule has 49 heavy (non-hydrogen) atoms. The number of nitrogens with one attached hydrogen (secondary N) is 4. The average molecular weight is 669 g/mol. The summed E-state index contributed by atoms with van der Waals surface area (Å²) in [6, 6.07) is 19.9. The summed E-state index contributed by atoms with van der Waals surface area (Å²) in [5.74, 6) is -0.970. The topological polar surface area (TPSA) is 180 Å². The molecule has 0 saturated heterocycles. The van der Waals surface area contributed by atoms with Crippen molar-refractivity contribution in [2.75, 3.05) is 38.8 Å². The van der Waals surface area contributed by atoms with Gasteiger partial charge in [-0.1, -0.05) is 48.5 Å². The lowest BCUT2D eigenvalue weighted by molar-refractivity contribution is -0.131. The number of ether oxygens (including phenoxy) is 1. The van der Waals surface area contributed by atoms with Crippen LogP contribution in [0.25, 0.3) is 11.4 Å². The standard InChI is InChI=1S/C35H40N8O6/c1-22-32-40-31(24-8-5-4-6-9-24)41-43(32)20-30(45)36-16-17-49-27-14-12-23(13-15-27)18-28(34(47)39-29(21-44)35(48)37-22)38-33(46)25-10-7-11-26(19-25)42(2)3/h4-15,19,22,28-29,44H,16-18,20-21H2,1-3H3,(H,36,45)(H,37,48)(H,38,46)(H,39,47)/t22-,28-,29-/m0/s1. The van der Waals surface area contributed by atoms with E-state index in [-0.39, 0.29) is 32.0 Å². The first kappa shape index (κ1) is 34.6. The van der Waals surface area contributed by atoms with Crippen molar-refractivity contribution >= 4 is 29.3 Å². The van der Waals surface area contributed by atoms with Crippen molar-refractivity contribution in [3.8, 4) is 17.1 Å². The minimum Gasteiger partial charge on any atom is -0.492 e. The molecule has 2 aliphatic rings. The lowest BCUT2D eigenvalue weighted by Gasteiger charge is -2.24. The number of anilines is 1. The summed E-state index contributed by atoms with van der Waals surface area (Å²) in [4.78, 5) is 59.9. The Bertz CT molecular complexity index is 1780. The fourth-order valence-electron chi connectivity index (χ4n) is 5.23. The summed E-state index contributed by atoms with van der Waals surface area (Å²) in [6.45, 7) is 1.20. The molecule has 5 N–H and O–H groups in total. The largest absolute Gasteiger partial charge is 0.492 e. The molecule has 3 aromatic carbocycles. The summed E-state index contributed by atoms with van der Waals surface area (Å²) in [5.41, 5.74) is 2.59. The van der Waals surface area contributed by atoms with Gasteiger partial charge in [0.25, 0.3) is 5.91 Å². The Morgan fingerprint density at radius 3 is 2.47 bits per heavy atom. The van der Waals surface area contributed by atoms with Gasteiger partial charge in [-0.3, -0.25) is 19.2 Å². The molecule has 256 valence electrons. The molecule has 2 aliphatic heterocycles. The van der Waals surface area contributed by atoms with Crippen molar-refractivity contribution in [3.63, 3.8) is 0 Å². The van der Waals surface area contributed by atoms with E-state index in [1.54, 1.807) is 49.4 Å². The second-order valence-electron chi connectivity index (χ2n) is 11.8. The SMILES string of the molecule is C[C@@H]1NC(=O)[C@H](CO)NC(=O)[C@@H](NC(=O)c2cccc(N(C)C)c2)Cc2ccc(cc2)OCCNC(=O)Cn2nc(-c3ccccc3)nc21. The Kier molecular flexibility index (Phi) is 11.2. The van der Waals surface area contributed by atoms with Crippen molar-refractivity contribution < 1.29 is 29.0 Å². The van der Waals surface area contributed by atoms with Gasteiger partial charge in [0.05, 0.1) is 19.2 Å². The summed E-state index contributed by atoms with van der Waals surface area (Å²) in [5, 5.41) is 25.7. The zero-order valence-electron chi connectivity index (χ0n) is 27.6. The van der Waals surface area contributed by atoms with Gasteiger partial charge < -0.3 is 36.0 Å². The summed E-state index contributed by atoms with van der Waals surface area (Å²) in [6.07, 6.45) is 0.0861. The lowest BCUT2D eigenvalue weighted by Crippen LogP contribution is -2.55. The molecular formula is C35H40N8O6. The highest BCUT2D eigenvalue weighted by Crippen LogP contribution is 2.20. The highest BCUT2D eigenvalue weighted by molar-refractivity contribution is 5.99. The first-order valence-electron chi connectivity index (χ1n) is 15.9. The number of nitrogens with zero attached hydrogens (tertiary/aromatic N) is 4. The minimum absolute atomic E-state index is 0.0861. The van der Waals surface area contributed by atoms with Crippen LogP contribution >= 0.6 is 0 Å². The highest BCUT2D eigenvalue weighted by atomic mass is 16.5. The molecule has 0 spiro atoms. The molecule has 4 amide bonds. The molecule has 0 fully saturated rings. The summed E-state index contributed by atoms with van der Waals surface area (Å²) >= 11 is 0. The normalized spacial score (nSPS) is 19.0. The molecule has 0 aliphatic carbocycles. The molecular weight excluding hydrogens is 628 g/mol. The van der Waals surface area contributed by atoms with E-state index in [0.29, 0.717) is 34.1 Å². The van der Waals surface area contributed by atoms with Crippen molar-refractivity contribution in [2.45, 2.75) is 38.0 Å². The third kappa shape index (κ3) is 8.99. The number of aliphatic hydroxyl groups excluding tert-OH is 1. The number of fused-ring (bicyclic) bond motifs is 14. The number of aliphatic hydroxyl groups is 1. The molecule has 14 heteroatoms. The van der Waals surface area contributed by atoms with E-state index in [1.807, 2.05) is 55.4 Å². The smallest absolute Gasteiger partial charge is 0.252 e. The number of hydrogen-bond acceptors (Lipinski definition) is 9. The van der Waals surface area contributed by atoms with Crippen LogP contribution in [-0.4, -0.2) is 89.4 Å². The average Bonchev–Trinajstić information content (AvgIpc) is 3.53. The third-order valence-electron chi connectivity index (χ3n) is 7.89. The fraction of sp³-hybridized carbons (Fsp3) is 0.314. The minimum atomic E-state index is -1.36. The number of benzene rings is 3. The number of aromatic nitrogens is 3. The zero-order valence-corrected chi connectivity index (χ0v) is 27.6. The number of carbonyl (C=O) groups is 4. The zero-order chi connectivity index (χ0) is 34.9. The molecule has 14 nitrogen and oxygen atoms in total. The van der Waals surface area contributed by atoms with Crippen LogP contribution in [0.1, 0.15) is 34.7 Å². The Balaban J connectivity index is 1.43. The molecule has 0 radical (unpaired) electrons. The van der Waals surface area contributed by atoms with Crippen LogP contribution in [0.4, 0.5) is 5.69 Å². The molecule has 3 atom stereocenters. The van der Waals surface area contributed by atoms with Crippen LogP contribution in [0.5, 0.6) is 5.75 Å². The molecule has 0 unspecified atom stereocenters. The number of amides is 4. The molecule has 6 rings (SSSR count). The highest BCUT2D eigenvalue weighted by Gasteiger charge is 2.29. The van der Waals surface area contributed by atoms with E-state index < -0.39 is 42.5 Å². The van der Waals surface area contributed by atoms with Gasteiger partial charge in [0, 0.05) is 37.3 Å².